The molecule has 2 bridgehead atoms. The first-order valence-electron chi connectivity index (χ1n) is 8.65. The third-order valence-electron chi connectivity index (χ3n) is 6.39. The van der Waals surface area contributed by atoms with Crippen LogP contribution < -0.4 is 0 Å². The monoisotopic (exact) mass is 362 g/mol. The van der Waals surface area contributed by atoms with Crippen molar-refractivity contribution in [1.29, 1.82) is 0 Å². The highest BCUT2D eigenvalue weighted by Gasteiger charge is 2.74. The van der Waals surface area contributed by atoms with Gasteiger partial charge in [0.25, 0.3) is 10.1 Å². The van der Waals surface area contributed by atoms with Crippen LogP contribution >= 0.6 is 0 Å². The van der Waals surface area contributed by atoms with E-state index in [4.69, 9.17) is 23.4 Å². The molecule has 7 atom stereocenters. The smallest absolute Gasteiger partial charge is 0.264 e. The molecule has 7 nitrogen and oxygen atoms in total. The molecule has 138 valence electrons. The fourth-order valence-corrected chi connectivity index (χ4v) is 5.62. The molecule has 1 spiro atoms. The van der Waals surface area contributed by atoms with Gasteiger partial charge in [-0.15, -0.1) is 0 Å². The molecule has 4 aliphatic heterocycles. The maximum atomic E-state index is 11.5. The number of ether oxygens (including phenoxy) is 2. The Morgan fingerprint density at radius 1 is 1.12 bits per heavy atom. The summed E-state index contributed by atoms with van der Waals surface area (Å²) in [5, 5.41) is 0. The summed E-state index contributed by atoms with van der Waals surface area (Å²) in [6.07, 6.45) is 4.09. The molecule has 5 fully saturated rings. The van der Waals surface area contributed by atoms with Crippen LogP contribution in [0.25, 0.3) is 0 Å². The lowest BCUT2D eigenvalue weighted by atomic mass is 9.60. The minimum atomic E-state index is -3.55. The van der Waals surface area contributed by atoms with Gasteiger partial charge in [0.2, 0.25) is 5.79 Å². The van der Waals surface area contributed by atoms with E-state index < -0.39 is 33.4 Å². The van der Waals surface area contributed by atoms with Crippen LogP contribution in [-0.4, -0.2) is 44.6 Å². The molecule has 5 aliphatic rings. The van der Waals surface area contributed by atoms with Crippen LogP contribution in [-0.2, 0) is 33.6 Å². The summed E-state index contributed by atoms with van der Waals surface area (Å²) in [4.78, 5) is 11.7. The van der Waals surface area contributed by atoms with E-state index in [0.29, 0.717) is 5.92 Å². The van der Waals surface area contributed by atoms with Crippen LogP contribution in [0.2, 0.25) is 0 Å². The summed E-state index contributed by atoms with van der Waals surface area (Å²) >= 11 is 0. The first-order valence-corrected chi connectivity index (χ1v) is 10.5. The molecule has 8 heteroatoms. The molecule has 1 saturated carbocycles. The second-order valence-electron chi connectivity index (χ2n) is 8.25. The van der Waals surface area contributed by atoms with Gasteiger partial charge < -0.3 is 9.47 Å². The standard InChI is InChI=1S/C16H26O7S/c1-10-5-6-12-14(2,9-19-24(4,17)18)20-13-16(12)11(10)7-8-15(3,21-13)22-23-16/h10-13H,5-9H2,1-4H3/t10-,11+,12?,13-,14-,15-,16-/m1/s1. The van der Waals surface area contributed by atoms with Crippen molar-refractivity contribution in [3.8, 4) is 0 Å². The van der Waals surface area contributed by atoms with E-state index in [0.717, 1.165) is 31.9 Å². The highest BCUT2D eigenvalue weighted by Crippen LogP contribution is 2.63. The molecule has 1 unspecified atom stereocenters. The Morgan fingerprint density at radius 3 is 2.58 bits per heavy atom. The molecule has 0 aromatic rings. The van der Waals surface area contributed by atoms with E-state index in [1.54, 1.807) is 0 Å². The van der Waals surface area contributed by atoms with Gasteiger partial charge in [-0.3, -0.25) is 4.18 Å². The summed E-state index contributed by atoms with van der Waals surface area (Å²) in [7, 11) is -3.55. The second kappa shape index (κ2) is 5.14. The van der Waals surface area contributed by atoms with Crippen molar-refractivity contribution in [1.82, 2.24) is 0 Å². The van der Waals surface area contributed by atoms with Crippen molar-refractivity contribution in [2.45, 2.75) is 69.7 Å². The molecule has 4 saturated heterocycles. The van der Waals surface area contributed by atoms with Gasteiger partial charge in [0.15, 0.2) is 11.9 Å². The second-order valence-corrected chi connectivity index (χ2v) is 9.90. The molecule has 1 aliphatic carbocycles. The van der Waals surface area contributed by atoms with E-state index in [9.17, 15) is 8.42 Å². The third-order valence-corrected chi connectivity index (χ3v) is 6.94. The van der Waals surface area contributed by atoms with E-state index in [1.165, 1.54) is 0 Å². The molecule has 4 heterocycles. The minimum absolute atomic E-state index is 0.0411. The summed E-state index contributed by atoms with van der Waals surface area (Å²) in [5.41, 5.74) is -1.48. The Hall–Kier alpha value is -0.250. The van der Waals surface area contributed by atoms with Crippen molar-refractivity contribution in [2.24, 2.45) is 17.8 Å². The lowest BCUT2D eigenvalue weighted by Crippen LogP contribution is -2.62. The SMILES string of the molecule is C[C@@H]1CCC2[C@]34OO[C@](C)(CC[C@@H]13)O[C@H]4O[C@]2(C)COS(C)(=O)=O. The average molecular weight is 362 g/mol. The molecular weight excluding hydrogens is 336 g/mol. The number of hydrogen-bond acceptors (Lipinski definition) is 7. The summed E-state index contributed by atoms with van der Waals surface area (Å²) in [6.45, 7) is 5.95. The Balaban J connectivity index is 1.72. The fourth-order valence-electron chi connectivity index (χ4n) is 5.17. The highest BCUT2D eigenvalue weighted by molar-refractivity contribution is 7.85. The predicted molar refractivity (Wildman–Crippen MR) is 83.1 cm³/mol. The molecule has 24 heavy (non-hydrogen) atoms. The zero-order valence-electron chi connectivity index (χ0n) is 14.6. The molecule has 0 aromatic heterocycles. The predicted octanol–water partition coefficient (Wildman–Crippen LogP) is 1.97. The highest BCUT2D eigenvalue weighted by atomic mass is 32.2. The molecule has 5 rings (SSSR count). The lowest BCUT2D eigenvalue weighted by Gasteiger charge is -2.50. The summed E-state index contributed by atoms with van der Waals surface area (Å²) in [6, 6.07) is 0. The van der Waals surface area contributed by atoms with Crippen molar-refractivity contribution in [2.75, 3.05) is 12.9 Å². The van der Waals surface area contributed by atoms with E-state index >= 15 is 0 Å². The average Bonchev–Trinajstić information content (AvgIpc) is 2.58. The van der Waals surface area contributed by atoms with Crippen LogP contribution in [0.1, 0.15) is 46.5 Å². The summed E-state index contributed by atoms with van der Waals surface area (Å²) < 4.78 is 40.4. The van der Waals surface area contributed by atoms with Gasteiger partial charge in [0.1, 0.15) is 0 Å². The third kappa shape index (κ3) is 2.38. The maximum absolute atomic E-state index is 11.5. The van der Waals surface area contributed by atoms with Gasteiger partial charge in [0.05, 0.1) is 18.5 Å². The van der Waals surface area contributed by atoms with E-state index in [1.807, 2.05) is 13.8 Å². The zero-order chi connectivity index (χ0) is 17.4. The minimum Gasteiger partial charge on any atom is -0.340 e. The Bertz CT molecular complexity index is 636. The van der Waals surface area contributed by atoms with E-state index in [-0.39, 0.29) is 18.4 Å². The molecule has 0 N–H and O–H groups in total. The molecule has 0 radical (unpaired) electrons. The Morgan fingerprint density at radius 2 is 1.88 bits per heavy atom. The van der Waals surface area contributed by atoms with Crippen molar-refractivity contribution in [3.05, 3.63) is 0 Å². The van der Waals surface area contributed by atoms with Gasteiger partial charge in [0, 0.05) is 12.3 Å². The first-order chi connectivity index (χ1) is 11.1. The van der Waals surface area contributed by atoms with Crippen molar-refractivity contribution in [3.63, 3.8) is 0 Å². The fraction of sp³-hybridized carbons (Fsp3) is 1.00. The quantitative estimate of drug-likeness (QED) is 0.561. The van der Waals surface area contributed by atoms with Crippen LogP contribution in [0.15, 0.2) is 0 Å². The van der Waals surface area contributed by atoms with Crippen molar-refractivity contribution < 1.29 is 31.8 Å². The number of rotatable bonds is 3. The zero-order valence-corrected chi connectivity index (χ0v) is 15.4. The van der Waals surface area contributed by atoms with Gasteiger partial charge in [-0.05, 0) is 44.9 Å². The van der Waals surface area contributed by atoms with Gasteiger partial charge in [-0.1, -0.05) is 6.92 Å². The summed E-state index contributed by atoms with van der Waals surface area (Å²) in [5.74, 6) is -0.134. The van der Waals surface area contributed by atoms with Crippen LogP contribution in [0, 0.1) is 17.8 Å². The Labute approximate surface area is 143 Å². The molecule has 0 amide bonds. The van der Waals surface area contributed by atoms with Crippen LogP contribution in [0.5, 0.6) is 0 Å². The van der Waals surface area contributed by atoms with Crippen LogP contribution in [0.4, 0.5) is 0 Å². The normalized spacial score (nSPS) is 53.7. The van der Waals surface area contributed by atoms with Crippen molar-refractivity contribution >= 4 is 10.1 Å². The van der Waals surface area contributed by atoms with Crippen LogP contribution in [0.3, 0.4) is 0 Å². The molecule has 0 aromatic carbocycles. The molecular formula is C16H26O7S. The number of hydrogen-bond donors (Lipinski definition) is 0. The maximum Gasteiger partial charge on any atom is 0.264 e. The van der Waals surface area contributed by atoms with Gasteiger partial charge in [-0.25, -0.2) is 9.78 Å². The van der Waals surface area contributed by atoms with Gasteiger partial charge in [-0.2, -0.15) is 8.42 Å². The lowest BCUT2D eigenvalue weighted by molar-refractivity contribution is -0.541. The van der Waals surface area contributed by atoms with Gasteiger partial charge >= 0.3 is 0 Å². The largest absolute Gasteiger partial charge is 0.340 e. The van der Waals surface area contributed by atoms with E-state index in [2.05, 4.69) is 6.92 Å². The Kier molecular flexibility index (Phi) is 3.68. The number of fused-ring (bicyclic) bond motifs is 2. The topological polar surface area (TPSA) is 80.3 Å². The first kappa shape index (κ1) is 17.2.